The second-order valence-corrected chi connectivity index (χ2v) is 11.2. The lowest BCUT2D eigenvalue weighted by Gasteiger charge is -2.24. The number of amides is 1. The first kappa shape index (κ1) is 28.1. The molecule has 1 aromatic heterocycles. The van der Waals surface area contributed by atoms with Crippen LogP contribution in [0, 0.1) is 6.92 Å². The number of ether oxygens (including phenoxy) is 2. The predicted molar refractivity (Wildman–Crippen MR) is 151 cm³/mol. The number of hydrogen-bond donors (Lipinski definition) is 2. The predicted octanol–water partition coefficient (Wildman–Crippen LogP) is 4.10. The van der Waals surface area contributed by atoms with Crippen LogP contribution in [0.15, 0.2) is 65.6 Å². The number of methoxy groups -OCH3 is 1. The van der Waals surface area contributed by atoms with Crippen molar-refractivity contribution in [2.45, 2.75) is 70.6 Å². The van der Waals surface area contributed by atoms with Crippen LogP contribution in [-0.4, -0.2) is 35.2 Å². The van der Waals surface area contributed by atoms with Crippen LogP contribution in [0.3, 0.4) is 0 Å². The van der Waals surface area contributed by atoms with E-state index in [1.807, 2.05) is 69.3 Å². The maximum atomic E-state index is 13.2. The third-order valence-corrected chi connectivity index (χ3v) is 6.97. The van der Waals surface area contributed by atoms with Crippen LogP contribution in [-0.2, 0) is 32.7 Å². The van der Waals surface area contributed by atoms with Gasteiger partial charge in [-0.25, -0.2) is 0 Å². The van der Waals surface area contributed by atoms with Gasteiger partial charge in [-0.1, -0.05) is 36.4 Å². The Bertz CT molecular complexity index is 1400. The molecule has 1 saturated carbocycles. The summed E-state index contributed by atoms with van der Waals surface area (Å²) < 4.78 is 12.4. The van der Waals surface area contributed by atoms with Gasteiger partial charge in [-0.2, -0.15) is 0 Å². The Labute approximate surface area is 229 Å². The maximum Gasteiger partial charge on any atom is 0.317 e. The third kappa shape index (κ3) is 6.57. The average Bonchev–Trinajstić information content (AvgIpc) is 3.70. The zero-order valence-corrected chi connectivity index (χ0v) is 23.2. The molecule has 39 heavy (non-hydrogen) atoms. The first-order chi connectivity index (χ1) is 18.4. The molecule has 1 atom stereocenters. The summed E-state index contributed by atoms with van der Waals surface area (Å²) in [5.74, 6) is 0.102. The first-order valence-electron chi connectivity index (χ1n) is 13.1. The van der Waals surface area contributed by atoms with Gasteiger partial charge >= 0.3 is 5.97 Å². The zero-order valence-electron chi connectivity index (χ0n) is 23.2. The fourth-order valence-electron chi connectivity index (χ4n) is 4.50. The molecule has 4 rings (SSSR count). The molecular formula is C31H37N3O5. The fourth-order valence-corrected chi connectivity index (χ4v) is 4.50. The molecule has 0 radical (unpaired) electrons. The molecule has 0 unspecified atom stereocenters. The number of benzene rings is 2. The van der Waals surface area contributed by atoms with Gasteiger partial charge in [0.2, 0.25) is 5.91 Å². The number of rotatable bonds is 9. The summed E-state index contributed by atoms with van der Waals surface area (Å²) in [5.41, 5.74) is 8.40. The highest BCUT2D eigenvalue weighted by atomic mass is 16.6. The van der Waals surface area contributed by atoms with Gasteiger partial charge in [0.1, 0.15) is 17.0 Å². The molecule has 206 valence electrons. The lowest BCUT2D eigenvalue weighted by atomic mass is 9.93. The van der Waals surface area contributed by atoms with Crippen LogP contribution in [0.5, 0.6) is 5.75 Å². The van der Waals surface area contributed by atoms with Gasteiger partial charge in [0, 0.05) is 6.20 Å². The highest BCUT2D eigenvalue weighted by molar-refractivity contribution is 5.95. The Morgan fingerprint density at radius 3 is 2.21 bits per heavy atom. The summed E-state index contributed by atoms with van der Waals surface area (Å²) in [6.45, 7) is 7.73. The van der Waals surface area contributed by atoms with Gasteiger partial charge in [-0.3, -0.25) is 14.4 Å². The summed E-state index contributed by atoms with van der Waals surface area (Å²) in [6, 6.07) is 16.0. The number of nitrogens with one attached hydrogen (secondary N) is 1. The molecule has 0 aliphatic heterocycles. The molecule has 8 heteroatoms. The summed E-state index contributed by atoms with van der Waals surface area (Å²) in [4.78, 5) is 38.9. The van der Waals surface area contributed by atoms with Crippen molar-refractivity contribution in [3.05, 3.63) is 93.4 Å². The number of pyridine rings is 1. The van der Waals surface area contributed by atoms with Crippen LogP contribution in [0.25, 0.3) is 0 Å². The van der Waals surface area contributed by atoms with E-state index in [0.717, 1.165) is 35.3 Å². The van der Waals surface area contributed by atoms with Gasteiger partial charge < -0.3 is 25.1 Å². The number of nitrogens with two attached hydrogens (primary N) is 1. The average molecular weight is 532 g/mol. The molecule has 1 aliphatic carbocycles. The number of carbonyl (C=O) groups excluding carboxylic acids is 2. The molecule has 1 heterocycles. The third-order valence-electron chi connectivity index (χ3n) is 6.97. The van der Waals surface area contributed by atoms with Crippen LogP contribution >= 0.6 is 0 Å². The zero-order chi connectivity index (χ0) is 28.4. The van der Waals surface area contributed by atoms with E-state index in [4.69, 9.17) is 15.2 Å². The molecule has 0 bridgehead atoms. The molecular weight excluding hydrogens is 494 g/mol. The molecule has 3 aromatic rings. The van der Waals surface area contributed by atoms with E-state index in [2.05, 4.69) is 5.32 Å². The van der Waals surface area contributed by atoms with E-state index in [1.165, 1.54) is 0 Å². The Kier molecular flexibility index (Phi) is 7.97. The molecule has 3 N–H and O–H groups in total. The van der Waals surface area contributed by atoms with Crippen molar-refractivity contribution in [2.24, 2.45) is 5.73 Å². The van der Waals surface area contributed by atoms with Crippen LogP contribution in [0.4, 0.5) is 5.69 Å². The lowest BCUT2D eigenvalue weighted by molar-refractivity contribution is -0.158. The van der Waals surface area contributed by atoms with Crippen LogP contribution in [0.2, 0.25) is 0 Å². The molecule has 2 aromatic carbocycles. The fraction of sp³-hybridized carbons (Fsp3) is 0.387. The standard InChI is InChI=1S/C31H37N3O5/c1-20-14-17-34(19-22-8-12-24(38-5)13-9-22)28(36)26(20)33-27(35)25(32)18-21-6-10-23(11-7-21)31(15-16-31)29(37)39-30(2,3)4/h6-14,17,25H,15-16,18-19,32H2,1-5H3,(H,33,35)/t25-/m0/s1. The maximum absolute atomic E-state index is 13.2. The van der Waals surface area contributed by atoms with Crippen molar-refractivity contribution in [2.75, 3.05) is 12.4 Å². The summed E-state index contributed by atoms with van der Waals surface area (Å²) >= 11 is 0. The van der Waals surface area contributed by atoms with E-state index in [-0.39, 0.29) is 23.6 Å². The SMILES string of the molecule is COc1ccc(Cn2ccc(C)c(NC(=O)[C@@H](N)Cc3ccc(C4(C(=O)OC(C)(C)C)CC4)cc3)c2=O)cc1. The molecule has 0 saturated heterocycles. The Morgan fingerprint density at radius 1 is 1.03 bits per heavy atom. The largest absolute Gasteiger partial charge is 0.497 e. The van der Waals surface area contributed by atoms with Crippen molar-refractivity contribution in [3.63, 3.8) is 0 Å². The van der Waals surface area contributed by atoms with E-state index in [9.17, 15) is 14.4 Å². The molecule has 1 aliphatic rings. The Hall–Kier alpha value is -3.91. The van der Waals surface area contributed by atoms with Crippen molar-refractivity contribution < 1.29 is 19.1 Å². The lowest BCUT2D eigenvalue weighted by Crippen LogP contribution is -2.39. The van der Waals surface area contributed by atoms with E-state index in [1.54, 1.807) is 30.9 Å². The smallest absolute Gasteiger partial charge is 0.317 e. The van der Waals surface area contributed by atoms with Gasteiger partial charge in [0.05, 0.1) is 25.1 Å². The van der Waals surface area contributed by atoms with Crippen LogP contribution in [0.1, 0.15) is 55.9 Å². The number of esters is 1. The Balaban J connectivity index is 1.41. The summed E-state index contributed by atoms with van der Waals surface area (Å²) in [7, 11) is 1.60. The molecule has 1 fully saturated rings. The van der Waals surface area contributed by atoms with Crippen molar-refractivity contribution in [1.82, 2.24) is 4.57 Å². The quantitative estimate of drug-likeness (QED) is 0.402. The van der Waals surface area contributed by atoms with E-state index in [0.29, 0.717) is 12.1 Å². The molecule has 0 spiro atoms. The topological polar surface area (TPSA) is 113 Å². The second-order valence-electron chi connectivity index (χ2n) is 11.2. The monoisotopic (exact) mass is 531 g/mol. The van der Waals surface area contributed by atoms with Crippen LogP contribution < -0.4 is 21.3 Å². The minimum atomic E-state index is -0.856. The number of nitrogens with zero attached hydrogens (tertiary/aromatic N) is 1. The number of carbonyl (C=O) groups is 2. The van der Waals surface area contributed by atoms with Crippen molar-refractivity contribution in [3.8, 4) is 5.75 Å². The summed E-state index contributed by atoms with van der Waals surface area (Å²) in [6.07, 6.45) is 3.52. The van der Waals surface area contributed by atoms with Gasteiger partial charge in [-0.05, 0) is 87.4 Å². The van der Waals surface area contributed by atoms with Crippen molar-refractivity contribution in [1.29, 1.82) is 0 Å². The van der Waals surface area contributed by atoms with Gasteiger partial charge in [0.25, 0.3) is 5.56 Å². The minimum absolute atomic E-state index is 0.199. The first-order valence-corrected chi connectivity index (χ1v) is 13.1. The van der Waals surface area contributed by atoms with Crippen molar-refractivity contribution >= 4 is 17.6 Å². The normalized spacial score (nSPS) is 14.8. The highest BCUT2D eigenvalue weighted by Crippen LogP contribution is 2.49. The number of aryl methyl sites for hydroxylation is 1. The molecule has 1 amide bonds. The number of aromatic nitrogens is 1. The number of hydrogen-bond acceptors (Lipinski definition) is 6. The number of anilines is 1. The Morgan fingerprint density at radius 2 is 1.64 bits per heavy atom. The van der Waals surface area contributed by atoms with E-state index >= 15 is 0 Å². The summed E-state index contributed by atoms with van der Waals surface area (Å²) in [5, 5.41) is 2.75. The van der Waals surface area contributed by atoms with E-state index < -0.39 is 23.0 Å². The van der Waals surface area contributed by atoms with Gasteiger partial charge in [-0.15, -0.1) is 0 Å². The molecule has 8 nitrogen and oxygen atoms in total. The minimum Gasteiger partial charge on any atom is -0.497 e. The highest BCUT2D eigenvalue weighted by Gasteiger charge is 2.53. The second kappa shape index (κ2) is 11.1. The van der Waals surface area contributed by atoms with Gasteiger partial charge in [0.15, 0.2) is 0 Å².